The molecular formula is C60H72FeN9O9+3. The molecule has 9 aromatic rings. The van der Waals surface area contributed by atoms with Crippen LogP contribution in [0.25, 0.3) is 32.7 Å². The van der Waals surface area contributed by atoms with Gasteiger partial charge in [-0.1, -0.05) is 104 Å². The van der Waals surface area contributed by atoms with Crippen LogP contribution in [0.1, 0.15) is 109 Å². The molecule has 6 heterocycles. The predicted octanol–water partition coefficient (Wildman–Crippen LogP) is 9.07. The van der Waals surface area contributed by atoms with Crippen molar-refractivity contribution in [3.63, 3.8) is 0 Å². The molecule has 18 nitrogen and oxygen atoms in total. The zero-order valence-electron chi connectivity index (χ0n) is 46.8. The molecule has 3 aromatic carbocycles. The van der Waals surface area contributed by atoms with E-state index in [0.29, 0.717) is 53.4 Å². The van der Waals surface area contributed by atoms with Gasteiger partial charge in [0.25, 0.3) is 0 Å². The summed E-state index contributed by atoms with van der Waals surface area (Å²) in [7, 11) is 4.49. The Morgan fingerprint density at radius 2 is 0.709 bits per heavy atom. The van der Waals surface area contributed by atoms with E-state index in [1.54, 1.807) is 20.8 Å². The van der Waals surface area contributed by atoms with Gasteiger partial charge in [-0.3, -0.25) is 14.4 Å². The van der Waals surface area contributed by atoms with Crippen LogP contribution in [0.5, 0.6) is 17.6 Å². The quantitative estimate of drug-likeness (QED) is 0.0247. The molecular weight excluding hydrogens is 1050 g/mol. The minimum Gasteiger partial charge on any atom is -0.480 e. The standard InChI is InChI=1S/3C20H23N3O3.Fe/c3*1-12(2)8-9-14-6-5-7-16-15(11-21-18(14)16)10-17-19(26-4)22-13(3)20(24)23(17)25;/h3*5-8,11,21,25H,9-10H2,1-4H3;/p+3. The van der Waals surface area contributed by atoms with E-state index in [1.165, 1.54) is 54.7 Å². The fraction of sp³-hybridized carbons (Fsp3) is 0.300. The molecule has 0 aliphatic rings. The van der Waals surface area contributed by atoms with Crippen LogP contribution < -0.4 is 30.9 Å². The Hall–Kier alpha value is -8.54. The Balaban J connectivity index is 0.000000190. The Labute approximate surface area is 468 Å². The number of nitrogens with one attached hydrogen (secondary N) is 3. The molecule has 0 atom stereocenters. The normalized spacial score (nSPS) is 10.8. The molecule has 0 bridgehead atoms. The van der Waals surface area contributed by atoms with Gasteiger partial charge in [0.2, 0.25) is 17.6 Å². The van der Waals surface area contributed by atoms with Gasteiger partial charge in [-0.05, 0) is 115 Å². The van der Waals surface area contributed by atoms with Crippen LogP contribution >= 0.6 is 0 Å². The van der Waals surface area contributed by atoms with Gasteiger partial charge >= 0.3 is 16.7 Å². The average molecular weight is 1120 g/mol. The number of hydrogen-bond donors (Lipinski definition) is 6. The summed E-state index contributed by atoms with van der Waals surface area (Å²) in [5, 5.41) is 34.1. The van der Waals surface area contributed by atoms with Crippen LogP contribution in [0.15, 0.2) is 108 Å². The maximum atomic E-state index is 10.3. The van der Waals surface area contributed by atoms with E-state index in [4.69, 9.17) is 14.2 Å². The second kappa shape index (κ2) is 26.2. The molecule has 9 rings (SSSR count). The number of aryl methyl sites for hydroxylation is 3. The first-order valence-electron chi connectivity index (χ1n) is 25.5. The van der Waals surface area contributed by atoms with E-state index >= 15 is 0 Å². The number of ether oxygens (including phenoxy) is 3. The first-order chi connectivity index (χ1) is 37.3. The van der Waals surface area contributed by atoms with Crippen LogP contribution in [0, 0.1) is 20.8 Å². The summed E-state index contributed by atoms with van der Waals surface area (Å²) in [4.78, 5) is 52.6. The SMILES string of the molecule is COc1nc(C)c(=[OH+])n(O)c1Cc1c[nH]c2c(CC=C(C)C)cccc12.COc1nc(C)c(=[OH+])n(O)c1Cc1c[nH]c2c(CC=C(C)C)cccc12.COc1nc(C)c(=[OH+])n(O)c1Cc1c[nH]c2c(CC=C(C)C)cccc12.[Fe]. The maximum Gasteiger partial charge on any atom is 0.475 e. The number of aromatic nitrogens is 9. The van der Waals surface area contributed by atoms with Crippen molar-refractivity contribution in [3.8, 4) is 17.6 Å². The summed E-state index contributed by atoms with van der Waals surface area (Å²) in [5.41, 5.74) is 14.9. The van der Waals surface area contributed by atoms with Crippen molar-refractivity contribution in [2.24, 2.45) is 0 Å². The Bertz CT molecular complexity index is 3530. The van der Waals surface area contributed by atoms with Gasteiger partial charge in [-0.15, -0.1) is 0 Å². The summed E-state index contributed by atoms with van der Waals surface area (Å²) >= 11 is 0. The van der Waals surface area contributed by atoms with E-state index in [2.05, 4.69) is 108 Å². The van der Waals surface area contributed by atoms with E-state index in [1.807, 2.05) is 55.0 Å². The Morgan fingerprint density at radius 3 is 0.937 bits per heavy atom. The molecule has 9 N–H and O–H groups in total. The molecule has 0 fully saturated rings. The molecule has 79 heavy (non-hydrogen) atoms. The fourth-order valence-corrected chi connectivity index (χ4v) is 9.12. The maximum absolute atomic E-state index is 10.3. The number of hydrogen-bond acceptors (Lipinski definition) is 9. The molecule has 0 amide bonds. The molecule has 0 aliphatic heterocycles. The van der Waals surface area contributed by atoms with Crippen molar-refractivity contribution in [3.05, 3.63) is 192 Å². The van der Waals surface area contributed by atoms with Gasteiger partial charge in [0.15, 0.2) is 17.1 Å². The van der Waals surface area contributed by atoms with Crippen LogP contribution in [0.4, 0.5) is 0 Å². The molecule has 0 saturated carbocycles. The topological polar surface area (TPSA) is 253 Å². The summed E-state index contributed by atoms with van der Waals surface area (Å²) in [5.74, 6) is 0.869. The summed E-state index contributed by atoms with van der Waals surface area (Å²) < 4.78 is 18.1. The van der Waals surface area contributed by atoms with Crippen molar-refractivity contribution in [1.82, 2.24) is 44.1 Å². The molecule has 0 saturated heterocycles. The number of aromatic amines is 3. The first kappa shape index (κ1) is 59.7. The minimum atomic E-state index is -0.287. The van der Waals surface area contributed by atoms with E-state index in [-0.39, 0.29) is 51.4 Å². The first-order valence-corrected chi connectivity index (χ1v) is 25.5. The Kier molecular flexibility index (Phi) is 19.8. The van der Waals surface area contributed by atoms with Crippen molar-refractivity contribution in [1.29, 1.82) is 0 Å². The van der Waals surface area contributed by atoms with Crippen LogP contribution in [-0.4, -0.2) is 95.4 Å². The third-order valence-electron chi connectivity index (χ3n) is 13.4. The van der Waals surface area contributed by atoms with Crippen molar-refractivity contribution in [2.75, 3.05) is 21.3 Å². The van der Waals surface area contributed by atoms with Crippen LogP contribution in [0.2, 0.25) is 0 Å². The largest absolute Gasteiger partial charge is 0.480 e. The smallest absolute Gasteiger partial charge is 0.475 e. The number of benzene rings is 3. The molecule has 6 aromatic heterocycles. The number of H-pyrrole nitrogens is 3. The van der Waals surface area contributed by atoms with Gasteiger partial charge in [0.1, 0.15) is 17.1 Å². The molecule has 0 unspecified atom stereocenters. The van der Waals surface area contributed by atoms with Gasteiger partial charge in [-0.25, -0.2) is 15.0 Å². The number of fused-ring (bicyclic) bond motifs is 3. The molecule has 0 radical (unpaired) electrons. The number of nitrogens with zero attached hydrogens (tertiary/aromatic N) is 6. The summed E-state index contributed by atoms with van der Waals surface area (Å²) in [6, 6.07) is 18.5. The Morgan fingerprint density at radius 1 is 0.456 bits per heavy atom. The third-order valence-corrected chi connectivity index (χ3v) is 13.4. The second-order valence-corrected chi connectivity index (χ2v) is 19.8. The number of allylic oxidation sites excluding steroid dienone is 6. The van der Waals surface area contributed by atoms with Gasteiger partial charge in [-0.2, -0.15) is 0 Å². The van der Waals surface area contributed by atoms with Crippen molar-refractivity contribution in [2.45, 2.75) is 101 Å². The van der Waals surface area contributed by atoms with Crippen LogP contribution in [0.3, 0.4) is 0 Å². The number of rotatable bonds is 15. The van der Waals surface area contributed by atoms with Crippen molar-refractivity contribution < 1.29 is 61.3 Å². The molecule has 416 valence electrons. The minimum absolute atomic E-state index is 0. The van der Waals surface area contributed by atoms with E-state index in [0.717, 1.165) is 82.9 Å². The van der Waals surface area contributed by atoms with E-state index in [9.17, 15) is 30.0 Å². The average Bonchev–Trinajstić information content (AvgIpc) is 4.19. The summed E-state index contributed by atoms with van der Waals surface area (Å²) in [6.45, 7) is 17.3. The monoisotopic (exact) mass is 1120 g/mol. The predicted molar refractivity (Wildman–Crippen MR) is 300 cm³/mol. The van der Waals surface area contributed by atoms with Gasteiger partial charge < -0.3 is 44.8 Å². The fourth-order valence-electron chi connectivity index (χ4n) is 9.12. The number of methoxy groups -OCH3 is 3. The molecule has 0 spiro atoms. The van der Waals surface area contributed by atoms with Gasteiger partial charge in [0.05, 0.1) is 21.3 Å². The second-order valence-electron chi connectivity index (χ2n) is 19.8. The molecule has 19 heteroatoms. The van der Waals surface area contributed by atoms with Gasteiger partial charge in [0, 0.05) is 87.6 Å². The summed E-state index contributed by atoms with van der Waals surface area (Å²) in [6.07, 6.45) is 16.0. The van der Waals surface area contributed by atoms with Crippen molar-refractivity contribution >= 4 is 32.7 Å². The zero-order chi connectivity index (χ0) is 56.5. The molecule has 0 aliphatic carbocycles. The zero-order valence-corrected chi connectivity index (χ0v) is 48.0. The van der Waals surface area contributed by atoms with E-state index < -0.39 is 0 Å². The van der Waals surface area contributed by atoms with Crippen LogP contribution in [-0.2, 0) is 55.6 Å². The number of para-hydroxylation sites is 3. The third kappa shape index (κ3) is 13.4.